The minimum Gasteiger partial charge on any atom is -0.482 e. The van der Waals surface area contributed by atoms with E-state index in [-0.39, 0.29) is 6.04 Å². The molecule has 1 aliphatic heterocycles. The van der Waals surface area contributed by atoms with Crippen LogP contribution in [0.5, 0.6) is 11.5 Å². The molecular formula is C20H26N2O6. The smallest absolute Gasteiger partial charge is 0.351 e. The van der Waals surface area contributed by atoms with Crippen molar-refractivity contribution in [3.8, 4) is 11.5 Å². The second-order valence-electron chi connectivity index (χ2n) is 7.31. The fourth-order valence-corrected chi connectivity index (χ4v) is 3.50. The fraction of sp³-hybridized carbons (Fsp3) is 0.550. The third-order valence-electron chi connectivity index (χ3n) is 5.10. The Bertz CT molecular complexity index is 737. The van der Waals surface area contributed by atoms with E-state index in [1.165, 1.54) is 0 Å². The zero-order valence-electron chi connectivity index (χ0n) is 16.1. The van der Waals surface area contributed by atoms with Gasteiger partial charge in [-0.3, -0.25) is 10.1 Å². The van der Waals surface area contributed by atoms with Crippen molar-refractivity contribution >= 4 is 17.9 Å². The Hall–Kier alpha value is -2.77. The maximum absolute atomic E-state index is 12.3. The summed E-state index contributed by atoms with van der Waals surface area (Å²) in [5, 5.41) is 5.01. The zero-order chi connectivity index (χ0) is 20.1. The highest BCUT2D eigenvalue weighted by molar-refractivity contribution is 5.95. The predicted octanol–water partition coefficient (Wildman–Crippen LogP) is 2.16. The van der Waals surface area contributed by atoms with Gasteiger partial charge in [0.1, 0.15) is 6.10 Å². The predicted molar refractivity (Wildman–Crippen MR) is 100 cm³/mol. The number of hydrogen-bond donors (Lipinski definition) is 2. The van der Waals surface area contributed by atoms with E-state index in [2.05, 4.69) is 17.6 Å². The Kier molecular flexibility index (Phi) is 6.38. The van der Waals surface area contributed by atoms with E-state index in [9.17, 15) is 14.4 Å². The second-order valence-corrected chi connectivity index (χ2v) is 7.31. The number of carbonyl (C=O) groups is 3. The average Bonchev–Trinajstić information content (AvgIpc) is 2.67. The van der Waals surface area contributed by atoms with Crippen molar-refractivity contribution in [2.45, 2.75) is 57.8 Å². The molecule has 0 spiro atoms. The molecule has 1 heterocycles. The number of carbonyl (C=O) groups excluding carboxylic acids is 3. The summed E-state index contributed by atoms with van der Waals surface area (Å²) < 4.78 is 16.3. The number of para-hydroxylation sites is 2. The van der Waals surface area contributed by atoms with Gasteiger partial charge in [0.25, 0.3) is 5.91 Å². The highest BCUT2D eigenvalue weighted by Crippen LogP contribution is 2.33. The van der Waals surface area contributed by atoms with Gasteiger partial charge in [-0.25, -0.2) is 9.59 Å². The van der Waals surface area contributed by atoms with Gasteiger partial charge in [0.15, 0.2) is 18.1 Å². The van der Waals surface area contributed by atoms with Gasteiger partial charge in [0.05, 0.1) is 0 Å². The lowest BCUT2D eigenvalue weighted by atomic mass is 9.86. The summed E-state index contributed by atoms with van der Waals surface area (Å²) in [6.45, 7) is 3.20. The average molecular weight is 390 g/mol. The Morgan fingerprint density at radius 2 is 1.75 bits per heavy atom. The molecule has 1 fully saturated rings. The van der Waals surface area contributed by atoms with Crippen LogP contribution in [0.3, 0.4) is 0 Å². The van der Waals surface area contributed by atoms with Gasteiger partial charge in [-0.15, -0.1) is 0 Å². The monoisotopic (exact) mass is 390 g/mol. The lowest BCUT2D eigenvalue weighted by Crippen LogP contribution is -2.49. The number of amides is 3. The molecule has 3 amide bonds. The van der Waals surface area contributed by atoms with Crippen molar-refractivity contribution in [1.82, 2.24) is 10.6 Å². The van der Waals surface area contributed by atoms with Crippen molar-refractivity contribution in [3.05, 3.63) is 24.3 Å². The quantitative estimate of drug-likeness (QED) is 0.764. The molecule has 8 nitrogen and oxygen atoms in total. The van der Waals surface area contributed by atoms with Gasteiger partial charge in [0.2, 0.25) is 6.10 Å². The third kappa shape index (κ3) is 4.94. The van der Waals surface area contributed by atoms with Crippen molar-refractivity contribution in [1.29, 1.82) is 0 Å². The normalized spacial score (nSPS) is 26.1. The van der Waals surface area contributed by atoms with E-state index < -0.39 is 36.7 Å². The van der Waals surface area contributed by atoms with Crippen LogP contribution >= 0.6 is 0 Å². The minimum atomic E-state index is -0.986. The van der Waals surface area contributed by atoms with E-state index in [1.54, 1.807) is 31.2 Å². The van der Waals surface area contributed by atoms with E-state index >= 15 is 0 Å². The summed E-state index contributed by atoms with van der Waals surface area (Å²) in [5.41, 5.74) is 0. The summed E-state index contributed by atoms with van der Waals surface area (Å²) in [7, 11) is 0. The molecule has 4 unspecified atom stereocenters. The molecule has 8 heteroatoms. The molecule has 3 rings (SSSR count). The number of hydrogen-bond acceptors (Lipinski definition) is 6. The molecule has 1 aliphatic carbocycles. The summed E-state index contributed by atoms with van der Waals surface area (Å²) >= 11 is 0. The zero-order valence-corrected chi connectivity index (χ0v) is 16.1. The standard InChI is InChI=1S/C20H26N2O6/c1-12-7-3-4-8-14(12)21-20(25)22-17(23)11-26-19(24)18-13(2)27-15-9-5-6-10-16(15)28-18/h5-6,9-10,12-14,18H,3-4,7-8,11H2,1-2H3,(H2,21,22,23,25). The van der Waals surface area contributed by atoms with Crippen molar-refractivity contribution in [2.75, 3.05) is 6.61 Å². The number of benzene rings is 1. The fourth-order valence-electron chi connectivity index (χ4n) is 3.50. The van der Waals surface area contributed by atoms with Crippen molar-refractivity contribution < 1.29 is 28.6 Å². The minimum absolute atomic E-state index is 0.0535. The highest BCUT2D eigenvalue weighted by Gasteiger charge is 2.35. The van der Waals surface area contributed by atoms with E-state index in [0.717, 1.165) is 25.7 Å². The van der Waals surface area contributed by atoms with Gasteiger partial charge in [-0.2, -0.15) is 0 Å². The second kappa shape index (κ2) is 8.95. The van der Waals surface area contributed by atoms with Crippen LogP contribution < -0.4 is 20.1 Å². The molecule has 0 radical (unpaired) electrons. The largest absolute Gasteiger partial charge is 0.482 e. The lowest BCUT2D eigenvalue weighted by Gasteiger charge is -2.30. The first-order valence-corrected chi connectivity index (χ1v) is 9.63. The first-order valence-electron chi connectivity index (χ1n) is 9.63. The molecular weight excluding hydrogens is 364 g/mol. The van der Waals surface area contributed by atoms with Crippen LogP contribution in [0, 0.1) is 5.92 Å². The molecule has 2 aliphatic rings. The molecule has 1 aromatic carbocycles. The number of rotatable bonds is 4. The molecule has 4 atom stereocenters. The van der Waals surface area contributed by atoms with Crippen molar-refractivity contribution in [3.63, 3.8) is 0 Å². The van der Waals surface area contributed by atoms with Crippen LogP contribution in [-0.4, -0.2) is 42.8 Å². The number of esters is 1. The Morgan fingerprint density at radius 1 is 1.07 bits per heavy atom. The first kappa shape index (κ1) is 20.0. The SMILES string of the molecule is CC1CCCCC1NC(=O)NC(=O)COC(=O)C1Oc2ccccc2OC1C. The van der Waals surface area contributed by atoms with Gasteiger partial charge in [-0.1, -0.05) is 31.9 Å². The number of fused-ring (bicyclic) bond motifs is 1. The van der Waals surface area contributed by atoms with Crippen LogP contribution in [0.2, 0.25) is 0 Å². The maximum atomic E-state index is 12.3. The number of urea groups is 1. The van der Waals surface area contributed by atoms with Gasteiger partial charge >= 0.3 is 12.0 Å². The van der Waals surface area contributed by atoms with Crippen LogP contribution in [0.15, 0.2) is 24.3 Å². The van der Waals surface area contributed by atoms with Crippen molar-refractivity contribution in [2.24, 2.45) is 5.92 Å². The molecule has 28 heavy (non-hydrogen) atoms. The Morgan fingerprint density at radius 3 is 2.46 bits per heavy atom. The van der Waals surface area contributed by atoms with Gasteiger partial charge in [0, 0.05) is 6.04 Å². The molecule has 2 N–H and O–H groups in total. The molecule has 152 valence electrons. The topological polar surface area (TPSA) is 103 Å². The Labute approximate surface area is 163 Å². The van der Waals surface area contributed by atoms with Crippen LogP contribution in [0.1, 0.15) is 39.5 Å². The Balaban J connectivity index is 1.44. The molecule has 1 aromatic rings. The van der Waals surface area contributed by atoms with Crippen LogP contribution in [-0.2, 0) is 14.3 Å². The van der Waals surface area contributed by atoms with E-state index in [0.29, 0.717) is 17.4 Å². The molecule has 0 aromatic heterocycles. The highest BCUT2D eigenvalue weighted by atomic mass is 16.6. The van der Waals surface area contributed by atoms with Gasteiger partial charge < -0.3 is 19.5 Å². The summed E-state index contributed by atoms with van der Waals surface area (Å²) in [6, 6.07) is 6.48. The molecule has 1 saturated carbocycles. The first-order chi connectivity index (χ1) is 13.4. The molecule has 0 bridgehead atoms. The van der Waals surface area contributed by atoms with Crippen LogP contribution in [0.4, 0.5) is 4.79 Å². The lowest BCUT2D eigenvalue weighted by molar-refractivity contribution is -0.160. The molecule has 0 saturated heterocycles. The summed E-state index contributed by atoms with van der Waals surface area (Å²) in [6.07, 6.45) is 2.62. The summed E-state index contributed by atoms with van der Waals surface area (Å²) in [5.74, 6) is -0.0591. The van der Waals surface area contributed by atoms with E-state index in [1.807, 2.05) is 0 Å². The third-order valence-corrected chi connectivity index (χ3v) is 5.10. The number of imide groups is 1. The van der Waals surface area contributed by atoms with Crippen LogP contribution in [0.25, 0.3) is 0 Å². The summed E-state index contributed by atoms with van der Waals surface area (Å²) in [4.78, 5) is 36.2. The maximum Gasteiger partial charge on any atom is 0.351 e. The number of ether oxygens (including phenoxy) is 3. The van der Waals surface area contributed by atoms with E-state index in [4.69, 9.17) is 14.2 Å². The number of nitrogens with one attached hydrogen (secondary N) is 2. The van der Waals surface area contributed by atoms with Gasteiger partial charge in [-0.05, 0) is 37.8 Å².